The van der Waals surface area contributed by atoms with E-state index < -0.39 is 0 Å². The lowest BCUT2D eigenvalue weighted by Gasteiger charge is -2.21. The summed E-state index contributed by atoms with van der Waals surface area (Å²) in [6, 6.07) is 0. The average molecular weight is 263 g/mol. The number of amides is 1. The van der Waals surface area contributed by atoms with Crippen molar-refractivity contribution in [1.82, 2.24) is 9.78 Å². The van der Waals surface area contributed by atoms with Crippen LogP contribution in [0, 0.1) is 19.8 Å². The minimum atomic E-state index is 0.129. The predicted octanol–water partition coefficient (Wildman–Crippen LogP) is 3.34. The van der Waals surface area contributed by atoms with Crippen molar-refractivity contribution in [3.05, 3.63) is 11.4 Å². The SMILES string of the molecule is Cc1nn(C)c(C)c1NC(=O)CCC1CCCCC1. The van der Waals surface area contributed by atoms with Gasteiger partial charge in [-0.1, -0.05) is 32.1 Å². The Hall–Kier alpha value is -1.32. The first-order valence-corrected chi connectivity index (χ1v) is 7.38. The van der Waals surface area contributed by atoms with Crippen molar-refractivity contribution >= 4 is 11.6 Å². The number of rotatable bonds is 4. The fourth-order valence-electron chi connectivity index (χ4n) is 2.97. The molecule has 1 aliphatic rings. The molecule has 0 atom stereocenters. The van der Waals surface area contributed by atoms with E-state index in [1.54, 1.807) is 0 Å². The highest BCUT2D eigenvalue weighted by Gasteiger charge is 2.16. The second-order valence-corrected chi connectivity index (χ2v) is 5.76. The van der Waals surface area contributed by atoms with Gasteiger partial charge < -0.3 is 5.32 Å². The van der Waals surface area contributed by atoms with Crippen LogP contribution in [0.5, 0.6) is 0 Å². The molecule has 0 spiro atoms. The Bertz CT molecular complexity index is 444. The smallest absolute Gasteiger partial charge is 0.224 e. The summed E-state index contributed by atoms with van der Waals surface area (Å²) in [5.74, 6) is 0.889. The van der Waals surface area contributed by atoms with Crippen LogP contribution in [0.4, 0.5) is 5.69 Å². The number of nitrogens with zero attached hydrogens (tertiary/aromatic N) is 2. The van der Waals surface area contributed by atoms with E-state index in [4.69, 9.17) is 0 Å². The van der Waals surface area contributed by atoms with Gasteiger partial charge in [0.05, 0.1) is 17.1 Å². The molecule has 1 N–H and O–H groups in total. The summed E-state index contributed by atoms with van der Waals surface area (Å²) in [6.07, 6.45) is 8.33. The lowest BCUT2D eigenvalue weighted by atomic mass is 9.86. The average Bonchev–Trinajstić information content (AvgIpc) is 2.64. The van der Waals surface area contributed by atoms with Gasteiger partial charge in [-0.25, -0.2) is 0 Å². The summed E-state index contributed by atoms with van der Waals surface area (Å²) < 4.78 is 1.81. The molecule has 0 aromatic carbocycles. The number of hydrogen-bond donors (Lipinski definition) is 1. The summed E-state index contributed by atoms with van der Waals surface area (Å²) in [6.45, 7) is 3.92. The Labute approximate surface area is 115 Å². The van der Waals surface area contributed by atoms with Crippen LogP contribution in [0.25, 0.3) is 0 Å². The maximum Gasteiger partial charge on any atom is 0.224 e. The van der Waals surface area contributed by atoms with Crippen LogP contribution in [-0.4, -0.2) is 15.7 Å². The molecule has 4 heteroatoms. The number of aromatic nitrogens is 2. The van der Waals surface area contributed by atoms with Gasteiger partial charge in [-0.05, 0) is 26.2 Å². The fraction of sp³-hybridized carbons (Fsp3) is 0.733. The van der Waals surface area contributed by atoms with Gasteiger partial charge in [0.15, 0.2) is 0 Å². The molecule has 4 nitrogen and oxygen atoms in total. The number of carbonyl (C=O) groups excluding carboxylic acids is 1. The molecular formula is C15H25N3O. The Balaban J connectivity index is 1.83. The minimum Gasteiger partial charge on any atom is -0.323 e. The van der Waals surface area contributed by atoms with E-state index in [0.29, 0.717) is 6.42 Å². The number of aryl methyl sites for hydroxylation is 2. The Morgan fingerprint density at radius 3 is 2.58 bits per heavy atom. The van der Waals surface area contributed by atoms with Gasteiger partial charge in [-0.3, -0.25) is 9.48 Å². The summed E-state index contributed by atoms with van der Waals surface area (Å²) in [4.78, 5) is 12.0. The molecule has 0 radical (unpaired) electrons. The lowest BCUT2D eigenvalue weighted by molar-refractivity contribution is -0.116. The Morgan fingerprint density at radius 1 is 1.32 bits per heavy atom. The first-order valence-electron chi connectivity index (χ1n) is 7.38. The van der Waals surface area contributed by atoms with Crippen molar-refractivity contribution in [2.75, 3.05) is 5.32 Å². The third-order valence-electron chi connectivity index (χ3n) is 4.28. The second kappa shape index (κ2) is 6.22. The van der Waals surface area contributed by atoms with E-state index in [1.165, 1.54) is 32.1 Å². The fourth-order valence-corrected chi connectivity index (χ4v) is 2.97. The molecule has 1 heterocycles. The van der Waals surface area contributed by atoms with Crippen molar-refractivity contribution in [1.29, 1.82) is 0 Å². The molecular weight excluding hydrogens is 238 g/mol. The summed E-state index contributed by atoms with van der Waals surface area (Å²) in [7, 11) is 1.90. The first kappa shape index (κ1) is 14.1. The highest BCUT2D eigenvalue weighted by atomic mass is 16.1. The van der Waals surface area contributed by atoms with Crippen LogP contribution < -0.4 is 5.32 Å². The number of nitrogens with one attached hydrogen (secondary N) is 1. The molecule has 0 aliphatic heterocycles. The molecule has 1 amide bonds. The van der Waals surface area contributed by atoms with Crippen LogP contribution in [-0.2, 0) is 11.8 Å². The lowest BCUT2D eigenvalue weighted by Crippen LogP contribution is -2.15. The van der Waals surface area contributed by atoms with E-state index in [1.807, 2.05) is 25.6 Å². The van der Waals surface area contributed by atoms with Gasteiger partial charge in [-0.2, -0.15) is 5.10 Å². The predicted molar refractivity (Wildman–Crippen MR) is 77.1 cm³/mol. The van der Waals surface area contributed by atoms with Crippen molar-refractivity contribution in [3.8, 4) is 0 Å². The Kier molecular flexibility index (Phi) is 4.61. The van der Waals surface area contributed by atoms with Crippen molar-refractivity contribution in [2.45, 2.75) is 58.8 Å². The molecule has 0 unspecified atom stereocenters. The molecule has 1 aromatic rings. The van der Waals surface area contributed by atoms with Crippen LogP contribution in [0.3, 0.4) is 0 Å². The summed E-state index contributed by atoms with van der Waals surface area (Å²) in [5.41, 5.74) is 2.80. The van der Waals surface area contributed by atoms with Gasteiger partial charge in [0.2, 0.25) is 5.91 Å². The zero-order valence-corrected chi connectivity index (χ0v) is 12.3. The van der Waals surface area contributed by atoms with Gasteiger partial charge in [0, 0.05) is 13.5 Å². The molecule has 1 aliphatic carbocycles. The van der Waals surface area contributed by atoms with E-state index in [9.17, 15) is 4.79 Å². The van der Waals surface area contributed by atoms with Gasteiger partial charge in [0.25, 0.3) is 0 Å². The van der Waals surface area contributed by atoms with Crippen LogP contribution in [0.1, 0.15) is 56.3 Å². The standard InChI is InChI=1S/C15H25N3O/c1-11-15(12(2)18(3)17-11)16-14(19)10-9-13-7-5-4-6-8-13/h13H,4-10H2,1-3H3,(H,16,19). The van der Waals surface area contributed by atoms with E-state index in [0.717, 1.165) is 29.4 Å². The maximum absolute atomic E-state index is 12.0. The van der Waals surface area contributed by atoms with Gasteiger partial charge in [-0.15, -0.1) is 0 Å². The molecule has 1 aromatic heterocycles. The van der Waals surface area contributed by atoms with Gasteiger partial charge >= 0.3 is 0 Å². The monoisotopic (exact) mass is 263 g/mol. The molecule has 19 heavy (non-hydrogen) atoms. The first-order chi connectivity index (χ1) is 9.08. The molecule has 2 rings (SSSR count). The summed E-state index contributed by atoms with van der Waals surface area (Å²) >= 11 is 0. The second-order valence-electron chi connectivity index (χ2n) is 5.76. The number of carbonyl (C=O) groups is 1. The van der Waals surface area contributed by atoms with Crippen molar-refractivity contribution < 1.29 is 4.79 Å². The third-order valence-corrected chi connectivity index (χ3v) is 4.28. The van der Waals surface area contributed by atoms with Crippen molar-refractivity contribution in [3.63, 3.8) is 0 Å². The molecule has 1 saturated carbocycles. The largest absolute Gasteiger partial charge is 0.323 e. The zero-order valence-electron chi connectivity index (χ0n) is 12.3. The summed E-state index contributed by atoms with van der Waals surface area (Å²) in [5, 5.41) is 7.33. The topological polar surface area (TPSA) is 46.9 Å². The van der Waals surface area contributed by atoms with E-state index >= 15 is 0 Å². The highest BCUT2D eigenvalue weighted by molar-refractivity contribution is 5.91. The molecule has 0 saturated heterocycles. The van der Waals surface area contributed by atoms with Crippen LogP contribution in [0.15, 0.2) is 0 Å². The molecule has 106 valence electrons. The van der Waals surface area contributed by atoms with Crippen molar-refractivity contribution in [2.24, 2.45) is 13.0 Å². The van der Waals surface area contributed by atoms with E-state index in [-0.39, 0.29) is 5.91 Å². The molecule has 0 bridgehead atoms. The minimum absolute atomic E-state index is 0.129. The van der Waals surface area contributed by atoms with Gasteiger partial charge in [0.1, 0.15) is 0 Å². The normalized spacial score (nSPS) is 16.6. The third kappa shape index (κ3) is 3.58. The molecule has 1 fully saturated rings. The van der Waals surface area contributed by atoms with Crippen LogP contribution in [0.2, 0.25) is 0 Å². The zero-order chi connectivity index (χ0) is 13.8. The number of anilines is 1. The van der Waals surface area contributed by atoms with Crippen LogP contribution >= 0.6 is 0 Å². The quantitative estimate of drug-likeness (QED) is 0.905. The maximum atomic E-state index is 12.0. The Morgan fingerprint density at radius 2 is 2.00 bits per heavy atom. The van der Waals surface area contributed by atoms with E-state index in [2.05, 4.69) is 10.4 Å². The number of hydrogen-bond acceptors (Lipinski definition) is 2. The highest BCUT2D eigenvalue weighted by Crippen LogP contribution is 2.27.